The van der Waals surface area contributed by atoms with Crippen molar-refractivity contribution in [1.82, 2.24) is 15.0 Å². The smallest absolute Gasteiger partial charge is 0.163 e. The lowest BCUT2D eigenvalue weighted by Gasteiger charge is -2.22. The molecule has 0 N–H and O–H groups in total. The van der Waals surface area contributed by atoms with Crippen molar-refractivity contribution >= 4 is 16.7 Å². The molecule has 0 aliphatic carbocycles. The van der Waals surface area contributed by atoms with Gasteiger partial charge < -0.3 is 4.90 Å². The molecule has 0 fully saturated rings. The van der Waals surface area contributed by atoms with Crippen molar-refractivity contribution in [2.24, 2.45) is 5.92 Å². The summed E-state index contributed by atoms with van der Waals surface area (Å²) < 4.78 is 0. The van der Waals surface area contributed by atoms with Crippen LogP contribution in [0.2, 0.25) is 0 Å². The molecule has 112 valence electrons. The Hall–Kier alpha value is -2.49. The van der Waals surface area contributed by atoms with Crippen LogP contribution in [0.25, 0.3) is 22.3 Å². The lowest BCUT2D eigenvalue weighted by Crippen LogP contribution is -2.24. The zero-order valence-corrected chi connectivity index (χ0v) is 13.2. The number of hydrogen-bond donors (Lipinski definition) is 0. The minimum Gasteiger partial charge on any atom is -0.359 e. The SMILES string of the molecule is CC(C)CN(C)c1nc(-c2cccnc2)nc2ccccc12. The second-order valence-electron chi connectivity index (χ2n) is 5.90. The lowest BCUT2D eigenvalue weighted by atomic mass is 10.1. The van der Waals surface area contributed by atoms with Crippen LogP contribution in [0.5, 0.6) is 0 Å². The minimum absolute atomic E-state index is 0.570. The van der Waals surface area contributed by atoms with Crippen molar-refractivity contribution in [3.8, 4) is 11.4 Å². The monoisotopic (exact) mass is 292 g/mol. The maximum Gasteiger partial charge on any atom is 0.163 e. The maximum atomic E-state index is 4.80. The molecule has 3 aromatic rings. The van der Waals surface area contributed by atoms with E-state index in [1.54, 1.807) is 12.4 Å². The number of rotatable bonds is 4. The molecule has 0 saturated carbocycles. The summed E-state index contributed by atoms with van der Waals surface area (Å²) in [4.78, 5) is 15.9. The lowest BCUT2D eigenvalue weighted by molar-refractivity contribution is 0.636. The zero-order chi connectivity index (χ0) is 15.5. The third-order valence-electron chi connectivity index (χ3n) is 3.50. The summed E-state index contributed by atoms with van der Waals surface area (Å²) in [5.74, 6) is 2.26. The van der Waals surface area contributed by atoms with Gasteiger partial charge in [-0.05, 0) is 30.2 Å². The highest BCUT2D eigenvalue weighted by Crippen LogP contribution is 2.26. The average molecular weight is 292 g/mol. The number of nitrogens with zero attached hydrogens (tertiary/aromatic N) is 4. The molecule has 4 nitrogen and oxygen atoms in total. The van der Waals surface area contributed by atoms with E-state index >= 15 is 0 Å². The second-order valence-corrected chi connectivity index (χ2v) is 5.90. The van der Waals surface area contributed by atoms with Gasteiger partial charge in [0.1, 0.15) is 5.82 Å². The first kappa shape index (κ1) is 14.4. The fourth-order valence-electron chi connectivity index (χ4n) is 2.61. The van der Waals surface area contributed by atoms with Crippen LogP contribution >= 0.6 is 0 Å². The quantitative estimate of drug-likeness (QED) is 0.734. The fourth-order valence-corrected chi connectivity index (χ4v) is 2.61. The van der Waals surface area contributed by atoms with Gasteiger partial charge in [-0.15, -0.1) is 0 Å². The molecule has 0 aliphatic heterocycles. The summed E-state index contributed by atoms with van der Waals surface area (Å²) in [5, 5.41) is 1.08. The molecule has 0 saturated heterocycles. The number of fused-ring (bicyclic) bond motifs is 1. The highest BCUT2D eigenvalue weighted by atomic mass is 15.2. The van der Waals surface area contributed by atoms with Gasteiger partial charge in [0.05, 0.1) is 5.52 Å². The Morgan fingerprint density at radius 1 is 1.05 bits per heavy atom. The molecule has 0 radical (unpaired) electrons. The van der Waals surface area contributed by atoms with Crippen molar-refractivity contribution in [1.29, 1.82) is 0 Å². The van der Waals surface area contributed by atoms with Crippen LogP contribution in [-0.2, 0) is 0 Å². The first-order valence-electron chi connectivity index (χ1n) is 7.53. The van der Waals surface area contributed by atoms with Crippen LogP contribution < -0.4 is 4.90 Å². The summed E-state index contributed by atoms with van der Waals surface area (Å²) in [6.07, 6.45) is 3.56. The van der Waals surface area contributed by atoms with E-state index in [9.17, 15) is 0 Å². The summed E-state index contributed by atoms with van der Waals surface area (Å²) >= 11 is 0. The summed E-state index contributed by atoms with van der Waals surface area (Å²) in [7, 11) is 2.09. The Morgan fingerprint density at radius 3 is 2.59 bits per heavy atom. The Morgan fingerprint density at radius 2 is 1.86 bits per heavy atom. The summed E-state index contributed by atoms with van der Waals surface area (Å²) in [6, 6.07) is 12.0. The van der Waals surface area contributed by atoms with Gasteiger partial charge in [0, 0.05) is 36.9 Å². The molecular formula is C18H20N4. The van der Waals surface area contributed by atoms with Gasteiger partial charge in [-0.3, -0.25) is 4.98 Å². The molecule has 0 amide bonds. The predicted octanol–water partition coefficient (Wildman–Crippen LogP) is 3.78. The molecule has 0 bridgehead atoms. The Kier molecular flexibility index (Phi) is 4.00. The molecule has 0 spiro atoms. The fraction of sp³-hybridized carbons (Fsp3) is 0.278. The van der Waals surface area contributed by atoms with Crippen molar-refractivity contribution < 1.29 is 0 Å². The van der Waals surface area contributed by atoms with E-state index in [4.69, 9.17) is 4.98 Å². The number of benzene rings is 1. The average Bonchev–Trinajstić information content (AvgIpc) is 2.54. The van der Waals surface area contributed by atoms with Gasteiger partial charge in [0.2, 0.25) is 0 Å². The number of aromatic nitrogens is 3. The molecular weight excluding hydrogens is 272 g/mol. The van der Waals surface area contributed by atoms with Gasteiger partial charge in [-0.1, -0.05) is 26.0 Å². The largest absolute Gasteiger partial charge is 0.359 e. The second kappa shape index (κ2) is 6.10. The normalized spacial score (nSPS) is 11.1. The predicted molar refractivity (Wildman–Crippen MR) is 90.9 cm³/mol. The number of para-hydroxylation sites is 1. The third kappa shape index (κ3) is 2.91. The highest BCUT2D eigenvalue weighted by molar-refractivity contribution is 5.90. The van der Waals surface area contributed by atoms with E-state index in [2.05, 4.69) is 41.8 Å². The van der Waals surface area contributed by atoms with Crippen LogP contribution in [0.1, 0.15) is 13.8 Å². The van der Waals surface area contributed by atoms with Crippen molar-refractivity contribution in [3.05, 3.63) is 48.8 Å². The van der Waals surface area contributed by atoms with E-state index < -0.39 is 0 Å². The van der Waals surface area contributed by atoms with E-state index in [0.29, 0.717) is 5.92 Å². The van der Waals surface area contributed by atoms with Gasteiger partial charge in [0.25, 0.3) is 0 Å². The van der Waals surface area contributed by atoms with Crippen LogP contribution in [0.3, 0.4) is 0 Å². The van der Waals surface area contributed by atoms with E-state index in [0.717, 1.165) is 34.7 Å². The van der Waals surface area contributed by atoms with Crippen LogP contribution in [0, 0.1) is 5.92 Å². The zero-order valence-electron chi connectivity index (χ0n) is 13.2. The van der Waals surface area contributed by atoms with E-state index in [1.165, 1.54) is 0 Å². The van der Waals surface area contributed by atoms with Crippen molar-refractivity contribution in [2.45, 2.75) is 13.8 Å². The maximum absolute atomic E-state index is 4.80. The van der Waals surface area contributed by atoms with Crippen LogP contribution in [0.15, 0.2) is 48.8 Å². The van der Waals surface area contributed by atoms with Crippen molar-refractivity contribution in [2.75, 3.05) is 18.5 Å². The Balaban J connectivity index is 2.16. The molecule has 22 heavy (non-hydrogen) atoms. The van der Waals surface area contributed by atoms with E-state index in [1.807, 2.05) is 30.3 Å². The first-order chi connectivity index (χ1) is 10.6. The Bertz CT molecular complexity index is 768. The molecule has 4 heteroatoms. The van der Waals surface area contributed by atoms with Gasteiger partial charge >= 0.3 is 0 Å². The molecule has 2 heterocycles. The molecule has 2 aromatic heterocycles. The number of hydrogen-bond acceptors (Lipinski definition) is 4. The van der Waals surface area contributed by atoms with Crippen molar-refractivity contribution in [3.63, 3.8) is 0 Å². The molecule has 0 atom stereocenters. The summed E-state index contributed by atoms with van der Waals surface area (Å²) in [5.41, 5.74) is 1.90. The van der Waals surface area contributed by atoms with Gasteiger partial charge in [-0.2, -0.15) is 0 Å². The topological polar surface area (TPSA) is 41.9 Å². The molecule has 1 aromatic carbocycles. The Labute approximate surface area is 130 Å². The molecule has 3 rings (SSSR count). The van der Waals surface area contributed by atoms with Crippen LogP contribution in [0.4, 0.5) is 5.82 Å². The minimum atomic E-state index is 0.570. The van der Waals surface area contributed by atoms with E-state index in [-0.39, 0.29) is 0 Å². The van der Waals surface area contributed by atoms with Gasteiger partial charge in [0.15, 0.2) is 5.82 Å². The number of anilines is 1. The molecule has 0 aliphatic rings. The third-order valence-corrected chi connectivity index (χ3v) is 3.50. The summed E-state index contributed by atoms with van der Waals surface area (Å²) in [6.45, 7) is 5.37. The van der Waals surface area contributed by atoms with Crippen LogP contribution in [-0.4, -0.2) is 28.5 Å². The standard InChI is InChI=1S/C18H20N4/c1-13(2)12-22(3)18-15-8-4-5-9-16(15)20-17(21-18)14-7-6-10-19-11-14/h4-11,13H,12H2,1-3H3. The molecule has 0 unspecified atom stereocenters. The number of pyridine rings is 1. The highest BCUT2D eigenvalue weighted by Gasteiger charge is 2.13. The van der Waals surface area contributed by atoms with Gasteiger partial charge in [-0.25, -0.2) is 9.97 Å². The first-order valence-corrected chi connectivity index (χ1v) is 7.53.